The molecule has 3 fully saturated rings. The van der Waals surface area contributed by atoms with Crippen LogP contribution >= 0.6 is 0 Å². The molecule has 0 aromatic heterocycles. The zero-order valence-corrected chi connectivity index (χ0v) is 43.7. The first-order valence-electron chi connectivity index (χ1n) is 18.3. The van der Waals surface area contributed by atoms with Gasteiger partial charge in [0.2, 0.25) is 11.8 Å². The number of ether oxygens (including phenoxy) is 4. The van der Waals surface area contributed by atoms with E-state index in [2.05, 4.69) is 20.1 Å². The van der Waals surface area contributed by atoms with Crippen molar-refractivity contribution in [1.29, 1.82) is 0 Å². The number of nitrogens with one attached hydrogen (secondary N) is 2. The molecule has 14 unspecified atom stereocenters. The Morgan fingerprint density at radius 1 is 0.632 bits per heavy atom. The van der Waals surface area contributed by atoms with Crippen molar-refractivity contribution in [2.45, 2.75) is 132 Å². The third kappa shape index (κ3) is 37.0. The molecule has 68 heavy (non-hydrogen) atoms. The molecule has 14 atom stereocenters. The van der Waals surface area contributed by atoms with Gasteiger partial charge in [0.05, 0.1) is 100 Å². The van der Waals surface area contributed by atoms with Crippen LogP contribution in [0.5, 0.6) is 0 Å². The van der Waals surface area contributed by atoms with E-state index in [4.69, 9.17) is 60.5 Å². The smallest absolute Gasteiger partial charge is 0.547 e. The van der Waals surface area contributed by atoms with E-state index in [0.717, 1.165) is 6.08 Å². The van der Waals surface area contributed by atoms with Gasteiger partial charge in [-0.1, -0.05) is 7.43 Å². The predicted octanol–water partition coefficient (Wildman–Crippen LogP) is -23.6. The van der Waals surface area contributed by atoms with Gasteiger partial charge in [-0.15, -0.1) is 0 Å². The second kappa shape index (κ2) is 47.2. The first kappa shape index (κ1) is 86.9. The number of carboxylic acids is 3. The summed E-state index contributed by atoms with van der Waals surface area (Å²) in [5.41, 5.74) is 0. The molecule has 0 spiro atoms. The monoisotopic (exact) mass is 1030 g/mol. The number of amides is 2. The van der Waals surface area contributed by atoms with Crippen molar-refractivity contribution < 1.29 is 230 Å². The van der Waals surface area contributed by atoms with E-state index >= 15 is 0 Å². The van der Waals surface area contributed by atoms with Crippen molar-refractivity contribution in [3.63, 3.8) is 0 Å². The molecule has 4 heterocycles. The molecule has 0 aliphatic carbocycles. The molecule has 4 aliphatic rings. The Labute approximate surface area is 457 Å². The van der Waals surface area contributed by atoms with Gasteiger partial charge >= 0.3 is 88.7 Å². The van der Waals surface area contributed by atoms with E-state index in [1.54, 1.807) is 0 Å². The number of carboxylic acid groups (broad SMARTS) is 3. The Bertz CT molecular complexity index is 1310. The molecule has 0 bridgehead atoms. The summed E-state index contributed by atoms with van der Waals surface area (Å²) < 4.78 is 19.4. The molecule has 33 heteroatoms. The minimum absolute atomic E-state index is 0. The number of hydrogen-bond donors (Lipinski definition) is 14. The standard InChI is InChI=1S/2C8H15NO4.C6H12O6.C6H10O5.C6H8O5.CH4.3Na.4H2O/c2*1-5(11)9-6-2-7(12)8(3-10)13-4-6;7-2-5(10)3(8)1-4(9)6(11)12;2*7-3-1-5(6(9)10)11-2-4(3)8;;;;;;;;/h2*6-8,10,12H,2-4H2,1H3,(H,9,11);3-5,7-10H,1-2H2,(H,11,12);3-5,7-8H,1-2H2,(H,9,10);1,3-4,7-8H,2H2,(H,9,10);1H4;;;;4*1H2/q;;;;;;3*+1;;;;/p-3. The molecule has 0 aromatic rings. The van der Waals surface area contributed by atoms with E-state index in [0.29, 0.717) is 26.1 Å². The largest absolute Gasteiger partial charge is 1.00 e. The maximum absolute atomic E-state index is 10.7. The summed E-state index contributed by atoms with van der Waals surface area (Å²) in [6.07, 6.45) is -11.4. The zero-order chi connectivity index (χ0) is 46.3. The van der Waals surface area contributed by atoms with E-state index in [9.17, 15) is 49.5 Å². The number of aliphatic carboxylic acids is 3. The van der Waals surface area contributed by atoms with Crippen molar-refractivity contribution in [3.8, 4) is 0 Å². The van der Waals surface area contributed by atoms with Crippen LogP contribution in [0.3, 0.4) is 0 Å². The molecular formula is C35H69N2Na3O28. The van der Waals surface area contributed by atoms with Crippen LogP contribution in [-0.2, 0) is 42.9 Å². The molecule has 3 saturated heterocycles. The van der Waals surface area contributed by atoms with Crippen LogP contribution in [0.1, 0.15) is 47.0 Å². The van der Waals surface area contributed by atoms with E-state index < -0.39 is 110 Å². The molecule has 2 amide bonds. The van der Waals surface area contributed by atoms with Crippen LogP contribution in [0.25, 0.3) is 0 Å². The summed E-state index contributed by atoms with van der Waals surface area (Å²) in [5.74, 6) is -5.26. The van der Waals surface area contributed by atoms with Gasteiger partial charge < -0.3 is 142 Å². The second-order valence-corrected chi connectivity index (χ2v) is 13.6. The molecule has 0 aromatic carbocycles. The first-order chi connectivity index (χ1) is 28.0. The van der Waals surface area contributed by atoms with E-state index in [1.165, 1.54) is 13.8 Å². The van der Waals surface area contributed by atoms with Gasteiger partial charge in [-0.2, -0.15) is 0 Å². The Kier molecular flexibility index (Phi) is 60.2. The van der Waals surface area contributed by atoms with Crippen LogP contribution in [0.2, 0.25) is 0 Å². The summed E-state index contributed by atoms with van der Waals surface area (Å²) in [4.78, 5) is 51.6. The molecule has 0 saturated carbocycles. The normalized spacial score (nSPS) is 27.5. The van der Waals surface area contributed by atoms with Gasteiger partial charge in [-0.05, 0) is 18.9 Å². The third-order valence-electron chi connectivity index (χ3n) is 8.43. The minimum Gasteiger partial charge on any atom is -0.547 e. The zero-order valence-electron chi connectivity index (χ0n) is 37.7. The average molecular weight is 1030 g/mol. The van der Waals surface area contributed by atoms with E-state index in [-0.39, 0.29) is 175 Å². The van der Waals surface area contributed by atoms with Gasteiger partial charge in [-0.3, -0.25) is 9.59 Å². The number of aliphatic hydroxyl groups is 12. The van der Waals surface area contributed by atoms with Gasteiger partial charge in [0.1, 0.15) is 55.0 Å². The summed E-state index contributed by atoms with van der Waals surface area (Å²) in [6, 6.07) is -0.286. The third-order valence-corrected chi connectivity index (χ3v) is 8.43. The number of aliphatic hydroxyl groups excluding tert-OH is 12. The molecule has 4 aliphatic heterocycles. The van der Waals surface area contributed by atoms with Crippen molar-refractivity contribution in [1.82, 2.24) is 10.6 Å². The summed E-state index contributed by atoms with van der Waals surface area (Å²) >= 11 is 0. The number of carbonyl (C=O) groups is 5. The predicted molar refractivity (Wildman–Crippen MR) is 208 cm³/mol. The van der Waals surface area contributed by atoms with Crippen LogP contribution in [0, 0.1) is 0 Å². The molecule has 4 rings (SSSR count). The summed E-state index contributed by atoms with van der Waals surface area (Å²) in [6.45, 7) is 2.10. The fraction of sp³-hybridized carbons (Fsp3) is 0.800. The Balaban J connectivity index is -0.0000000889. The van der Waals surface area contributed by atoms with Crippen LogP contribution < -0.4 is 115 Å². The molecule has 22 N–H and O–H groups in total. The topological polar surface area (TPSA) is 584 Å². The van der Waals surface area contributed by atoms with E-state index in [1.807, 2.05) is 0 Å². The number of hydrogen-bond acceptors (Lipinski definition) is 24. The SMILES string of the molecule is C.CC(=O)NC1COC(CO)C(O)C1.CC(=O)NC1COC(CO)C(O)C1.O.O.O.O.O=C([O-])C(O)CC(O)C(O)CO.O=C([O-])C1=CC(O)C(O)CO1.O=C([O-])C1CC(O)C(O)CO1.[Na+].[Na+].[Na+]. The Morgan fingerprint density at radius 2 is 1.06 bits per heavy atom. The maximum atomic E-state index is 10.7. The van der Waals surface area contributed by atoms with Gasteiger partial charge in [-0.25, -0.2) is 0 Å². The fourth-order valence-corrected chi connectivity index (χ4v) is 5.10. The Morgan fingerprint density at radius 3 is 1.35 bits per heavy atom. The fourth-order valence-electron chi connectivity index (χ4n) is 5.10. The quantitative estimate of drug-likeness (QED) is 0.0855. The maximum Gasteiger partial charge on any atom is 1.00 e. The molecular weight excluding hydrogens is 965 g/mol. The van der Waals surface area contributed by atoms with Crippen LogP contribution in [-0.4, -0.2) is 244 Å². The van der Waals surface area contributed by atoms with Crippen molar-refractivity contribution in [2.75, 3.05) is 46.2 Å². The minimum atomic E-state index is -1.83. The van der Waals surface area contributed by atoms with Gasteiger partial charge in [0.15, 0.2) is 0 Å². The van der Waals surface area contributed by atoms with Crippen LogP contribution in [0.15, 0.2) is 11.8 Å². The van der Waals surface area contributed by atoms with Crippen molar-refractivity contribution >= 4 is 29.7 Å². The van der Waals surface area contributed by atoms with Crippen LogP contribution in [0.4, 0.5) is 0 Å². The average Bonchev–Trinajstić information content (AvgIpc) is 3.17. The van der Waals surface area contributed by atoms with Crippen molar-refractivity contribution in [2.24, 2.45) is 0 Å². The van der Waals surface area contributed by atoms with Crippen molar-refractivity contribution in [3.05, 3.63) is 11.8 Å². The molecule has 0 radical (unpaired) electrons. The summed E-state index contributed by atoms with van der Waals surface area (Å²) in [7, 11) is 0. The second-order valence-electron chi connectivity index (χ2n) is 13.6. The molecule has 30 nitrogen and oxygen atoms in total. The first-order valence-corrected chi connectivity index (χ1v) is 18.3. The Hall–Kier alpha value is -0.870. The van der Waals surface area contributed by atoms with Gasteiger partial charge in [0.25, 0.3) is 0 Å². The summed E-state index contributed by atoms with van der Waals surface area (Å²) in [5, 5.41) is 142. The number of rotatable bonds is 11. The number of carbonyl (C=O) groups excluding carboxylic acids is 5. The molecule has 390 valence electrons. The van der Waals surface area contributed by atoms with Gasteiger partial charge in [0, 0.05) is 26.7 Å².